The zero-order valence-electron chi connectivity index (χ0n) is 22.5. The van der Waals surface area contributed by atoms with Gasteiger partial charge in [0.1, 0.15) is 5.82 Å². The second kappa shape index (κ2) is 11.0. The van der Waals surface area contributed by atoms with E-state index in [0.717, 1.165) is 25.9 Å². The van der Waals surface area contributed by atoms with Gasteiger partial charge in [-0.15, -0.1) is 0 Å². The Morgan fingerprint density at radius 2 is 1.68 bits per heavy atom. The highest BCUT2D eigenvalue weighted by molar-refractivity contribution is 7.92. The minimum absolute atomic E-state index is 0.153. The van der Waals surface area contributed by atoms with E-state index in [9.17, 15) is 22.0 Å². The molecule has 0 atom stereocenters. The van der Waals surface area contributed by atoms with Crippen LogP contribution in [0.3, 0.4) is 0 Å². The number of rotatable bonds is 9. The number of alkyl halides is 2. The lowest BCUT2D eigenvalue weighted by Crippen LogP contribution is -2.40. The van der Waals surface area contributed by atoms with Crippen LogP contribution >= 0.6 is 0 Å². The first-order valence-corrected chi connectivity index (χ1v) is 15.3. The third-order valence-corrected chi connectivity index (χ3v) is 9.44. The lowest BCUT2D eigenvalue weighted by Gasteiger charge is -2.35. The zero-order valence-corrected chi connectivity index (χ0v) is 23.4. The van der Waals surface area contributed by atoms with Crippen LogP contribution in [-0.4, -0.2) is 75.9 Å². The van der Waals surface area contributed by atoms with E-state index in [1.165, 1.54) is 18.9 Å². The van der Waals surface area contributed by atoms with Crippen molar-refractivity contribution in [3.8, 4) is 0 Å². The number of carbonyl (C=O) groups is 1. The van der Waals surface area contributed by atoms with Crippen LogP contribution < -0.4 is 25.2 Å². The molecule has 3 fully saturated rings. The quantitative estimate of drug-likeness (QED) is 0.355. The molecule has 1 amide bonds. The lowest BCUT2D eigenvalue weighted by atomic mass is 9.93. The Kier molecular flexibility index (Phi) is 7.79. The molecular weight excluding hydrogens is 542 g/mol. The largest absolute Gasteiger partial charge is 0.395 e. The van der Waals surface area contributed by atoms with Gasteiger partial charge >= 0.3 is 0 Å². The van der Waals surface area contributed by atoms with Gasteiger partial charge in [-0.05, 0) is 61.4 Å². The second-order valence-corrected chi connectivity index (χ2v) is 12.8. The fraction of sp³-hybridized carbons (Fsp3) is 0.556. The molecule has 40 heavy (non-hydrogen) atoms. The van der Waals surface area contributed by atoms with Gasteiger partial charge in [0.05, 0.1) is 35.0 Å². The molecule has 0 radical (unpaired) electrons. The van der Waals surface area contributed by atoms with Crippen molar-refractivity contribution in [1.82, 2.24) is 4.98 Å². The normalized spacial score (nSPS) is 19.8. The van der Waals surface area contributed by atoms with Crippen molar-refractivity contribution in [2.75, 3.05) is 70.7 Å². The number of nitrogens with one attached hydrogen (secondary N) is 3. The summed E-state index contributed by atoms with van der Waals surface area (Å²) in [4.78, 5) is 22.1. The molecule has 2 aromatic rings. The molecule has 1 aromatic heterocycles. The Morgan fingerprint density at radius 3 is 2.30 bits per heavy atom. The van der Waals surface area contributed by atoms with Crippen molar-refractivity contribution in [3.63, 3.8) is 0 Å². The highest BCUT2D eigenvalue weighted by Crippen LogP contribution is 2.54. The van der Waals surface area contributed by atoms with Crippen LogP contribution in [0.2, 0.25) is 0 Å². The predicted molar refractivity (Wildman–Crippen MR) is 152 cm³/mol. The average molecular weight is 579 g/mol. The first-order valence-electron chi connectivity index (χ1n) is 13.7. The summed E-state index contributed by atoms with van der Waals surface area (Å²) in [6.45, 7) is 1.32. The van der Waals surface area contributed by atoms with Gasteiger partial charge in [0.2, 0.25) is 10.0 Å². The highest BCUT2D eigenvalue weighted by Gasteiger charge is 2.44. The lowest BCUT2D eigenvalue weighted by molar-refractivity contribution is -0.0221. The number of hydrogen-bond donors (Lipinski definition) is 4. The van der Waals surface area contributed by atoms with Crippen LogP contribution in [0.4, 0.5) is 37.5 Å². The number of aliphatic hydroxyl groups excluding tert-OH is 1. The van der Waals surface area contributed by atoms with Crippen molar-refractivity contribution in [1.29, 1.82) is 0 Å². The maximum absolute atomic E-state index is 13.7. The van der Waals surface area contributed by atoms with E-state index in [1.54, 1.807) is 36.2 Å². The summed E-state index contributed by atoms with van der Waals surface area (Å²) in [5, 5.41) is 15.0. The summed E-state index contributed by atoms with van der Waals surface area (Å²) in [7, 11) is -2.01. The molecule has 1 aromatic carbocycles. The first kappa shape index (κ1) is 28.3. The second-order valence-electron chi connectivity index (χ2n) is 11.0. The maximum atomic E-state index is 13.7. The number of pyridine rings is 1. The van der Waals surface area contributed by atoms with Crippen LogP contribution in [0.1, 0.15) is 48.9 Å². The van der Waals surface area contributed by atoms with Crippen molar-refractivity contribution in [3.05, 3.63) is 35.9 Å². The minimum atomic E-state index is -3.74. The molecule has 10 nitrogen and oxygen atoms in total. The number of piperidine rings is 2. The summed E-state index contributed by atoms with van der Waals surface area (Å²) in [5.74, 6) is -2.75. The number of nitrogens with zero attached hydrogens (tertiary/aromatic N) is 3. The number of anilines is 5. The van der Waals surface area contributed by atoms with Crippen molar-refractivity contribution < 1.29 is 27.1 Å². The molecule has 1 saturated carbocycles. The summed E-state index contributed by atoms with van der Waals surface area (Å²) in [6, 6.07) is 8.17. The number of carbonyl (C=O) groups excluding carboxylic acids is 1. The number of benzene rings is 1. The summed E-state index contributed by atoms with van der Waals surface area (Å²) >= 11 is 0. The smallest absolute Gasteiger partial charge is 0.258 e. The van der Waals surface area contributed by atoms with E-state index in [2.05, 4.69) is 25.2 Å². The van der Waals surface area contributed by atoms with Crippen molar-refractivity contribution >= 4 is 44.6 Å². The number of aromatic nitrogens is 1. The van der Waals surface area contributed by atoms with Gasteiger partial charge in [-0.1, -0.05) is 0 Å². The van der Waals surface area contributed by atoms with Gasteiger partial charge < -0.3 is 25.5 Å². The standard InChI is InChI=1S/C27H36F2N6O4S/c1-30-21-4-5-23(31-24(21)35-14-10-27(28,29)11-15-35)32-25(37)20-3-2-19(33-40(38,39)17-16-36)18-22(20)34-12-8-26(6-7-26)9-13-34/h2-5,18,30,33,36H,6-17H2,1H3,(H,31,32,37). The van der Waals surface area contributed by atoms with Crippen molar-refractivity contribution in [2.24, 2.45) is 5.41 Å². The fourth-order valence-corrected chi connectivity index (χ4v) is 6.31. The molecule has 2 aliphatic heterocycles. The van der Waals surface area contributed by atoms with Crippen LogP contribution in [0.5, 0.6) is 0 Å². The minimum Gasteiger partial charge on any atom is -0.395 e. The Labute approximate surface area is 233 Å². The molecule has 1 aliphatic carbocycles. The molecule has 3 aliphatic rings. The van der Waals surface area contributed by atoms with E-state index < -0.39 is 34.2 Å². The van der Waals surface area contributed by atoms with E-state index >= 15 is 0 Å². The molecule has 2 saturated heterocycles. The van der Waals surface area contributed by atoms with Crippen LogP contribution in [0.25, 0.3) is 0 Å². The molecule has 0 unspecified atom stereocenters. The Morgan fingerprint density at radius 1 is 1.00 bits per heavy atom. The molecule has 1 spiro atoms. The zero-order chi connectivity index (χ0) is 28.5. The average Bonchev–Trinajstić information content (AvgIpc) is 3.67. The topological polar surface area (TPSA) is 127 Å². The van der Waals surface area contributed by atoms with E-state index in [1.807, 2.05) is 0 Å². The third-order valence-electron chi connectivity index (χ3n) is 8.18. The molecule has 3 heterocycles. The molecule has 5 rings (SSSR count). The van der Waals surface area contributed by atoms with Gasteiger partial charge in [-0.2, -0.15) is 0 Å². The number of aliphatic hydroxyl groups is 1. The van der Waals surface area contributed by atoms with Gasteiger partial charge in [-0.3, -0.25) is 9.52 Å². The fourth-order valence-electron chi connectivity index (χ4n) is 5.48. The predicted octanol–water partition coefficient (Wildman–Crippen LogP) is 3.73. The molecule has 218 valence electrons. The molecule has 13 heteroatoms. The van der Waals surface area contributed by atoms with E-state index in [4.69, 9.17) is 5.11 Å². The van der Waals surface area contributed by atoms with E-state index in [-0.39, 0.29) is 31.7 Å². The Hall–Kier alpha value is -3.19. The van der Waals surface area contributed by atoms with Gasteiger partial charge in [0.15, 0.2) is 5.82 Å². The highest BCUT2D eigenvalue weighted by atomic mass is 32.2. The van der Waals surface area contributed by atoms with Gasteiger partial charge in [0, 0.05) is 46.1 Å². The molecule has 0 bridgehead atoms. The monoisotopic (exact) mass is 578 g/mol. The van der Waals surface area contributed by atoms with Crippen LogP contribution in [0, 0.1) is 5.41 Å². The number of hydrogen-bond acceptors (Lipinski definition) is 8. The van der Waals surface area contributed by atoms with Gasteiger partial charge in [-0.25, -0.2) is 22.2 Å². The van der Waals surface area contributed by atoms with Crippen molar-refractivity contribution in [2.45, 2.75) is 44.4 Å². The third kappa shape index (κ3) is 6.41. The number of amides is 1. The summed E-state index contributed by atoms with van der Waals surface area (Å²) < 4.78 is 54.5. The first-order chi connectivity index (χ1) is 19.0. The Bertz CT molecular complexity index is 1350. The molecule has 4 N–H and O–H groups in total. The van der Waals surface area contributed by atoms with E-state index in [0.29, 0.717) is 33.9 Å². The van der Waals surface area contributed by atoms with Crippen LogP contribution in [0.15, 0.2) is 30.3 Å². The van der Waals surface area contributed by atoms with Crippen LogP contribution in [-0.2, 0) is 10.0 Å². The van der Waals surface area contributed by atoms with Gasteiger partial charge in [0.25, 0.3) is 11.8 Å². The number of sulfonamides is 1. The maximum Gasteiger partial charge on any atom is 0.258 e. The molecular formula is C27H36F2N6O4S. The number of halogens is 2. The summed E-state index contributed by atoms with van der Waals surface area (Å²) in [6.07, 6.45) is 3.95. The SMILES string of the molecule is CNc1ccc(NC(=O)c2ccc(NS(=O)(=O)CCO)cc2N2CCC3(CC2)CC3)nc1N1CCC(F)(F)CC1. The Balaban J connectivity index is 1.40. The summed E-state index contributed by atoms with van der Waals surface area (Å²) in [5.41, 5.74) is 2.38.